The van der Waals surface area contributed by atoms with E-state index in [1.54, 1.807) is 12.3 Å². The van der Waals surface area contributed by atoms with Gasteiger partial charge in [0.05, 0.1) is 27.8 Å². The maximum atomic E-state index is 12.5. The van der Waals surface area contributed by atoms with Gasteiger partial charge in [-0.25, -0.2) is 14.2 Å². The first-order valence-corrected chi connectivity index (χ1v) is 7.01. The highest BCUT2D eigenvalue weighted by Crippen LogP contribution is 2.22. The number of para-hydroxylation sites is 1. The van der Waals surface area contributed by atoms with Crippen LogP contribution in [0.4, 0.5) is 0 Å². The van der Waals surface area contributed by atoms with E-state index in [1.165, 1.54) is 12.4 Å². The van der Waals surface area contributed by atoms with Crippen LogP contribution in [0, 0.1) is 0 Å². The van der Waals surface area contributed by atoms with Crippen LogP contribution in [-0.4, -0.2) is 19.2 Å². The Morgan fingerprint density at radius 2 is 1.74 bits per heavy atom. The molecule has 1 aromatic carbocycles. The van der Waals surface area contributed by atoms with Crippen LogP contribution in [0.1, 0.15) is 0 Å². The van der Waals surface area contributed by atoms with Gasteiger partial charge >= 0.3 is 0 Å². The smallest absolute Gasteiger partial charge is 0.223 e. The summed E-state index contributed by atoms with van der Waals surface area (Å²) in [6.07, 6.45) is 4.53. The Bertz CT molecular complexity index is 756. The van der Waals surface area contributed by atoms with E-state index in [9.17, 15) is 4.21 Å². The zero-order valence-corrected chi connectivity index (χ0v) is 11.2. The fraction of sp³-hybridized carbons (Fsp3) is 0. The van der Waals surface area contributed by atoms with E-state index in [1.807, 2.05) is 24.3 Å². The summed E-state index contributed by atoms with van der Waals surface area (Å²) in [4.78, 5) is 12.8. The number of halogens is 1. The number of hydrogen-bond donors (Lipinski definition) is 0. The number of fused-ring (bicyclic) bond motifs is 1. The fourth-order valence-electron chi connectivity index (χ4n) is 1.72. The van der Waals surface area contributed by atoms with Gasteiger partial charge in [0.25, 0.3) is 0 Å². The van der Waals surface area contributed by atoms with Gasteiger partial charge in [0.2, 0.25) is 5.16 Å². The van der Waals surface area contributed by atoms with E-state index in [0.717, 1.165) is 5.39 Å². The number of nitrogens with zero attached hydrogens (tertiary/aromatic N) is 3. The SMILES string of the molecule is O=S(c1ncc(Cl)cn1)c1cccc2cccnc12. The number of aromatic nitrogens is 3. The average molecular weight is 290 g/mol. The van der Waals surface area contributed by atoms with Gasteiger partial charge in [0.1, 0.15) is 10.8 Å². The standard InChI is InChI=1S/C13H8ClN3OS/c14-10-7-16-13(17-8-10)19(18)11-5-1-3-9-4-2-6-15-12(9)11/h1-8H. The lowest BCUT2D eigenvalue weighted by molar-refractivity contribution is 0.676. The molecule has 3 aromatic rings. The molecule has 0 aliphatic rings. The summed E-state index contributed by atoms with van der Waals surface area (Å²) < 4.78 is 12.5. The Morgan fingerprint density at radius 1 is 1.00 bits per heavy atom. The number of hydrogen-bond acceptors (Lipinski definition) is 4. The molecule has 4 nitrogen and oxygen atoms in total. The third kappa shape index (κ3) is 2.34. The molecule has 0 saturated heterocycles. The molecule has 0 saturated carbocycles. The third-order valence-corrected chi connectivity index (χ3v) is 4.02. The third-order valence-electron chi connectivity index (χ3n) is 2.56. The number of benzene rings is 1. The van der Waals surface area contributed by atoms with Crippen LogP contribution in [0.5, 0.6) is 0 Å². The van der Waals surface area contributed by atoms with Crippen LogP contribution in [0.2, 0.25) is 5.02 Å². The zero-order valence-electron chi connectivity index (χ0n) is 9.65. The van der Waals surface area contributed by atoms with E-state index < -0.39 is 10.8 Å². The Kier molecular flexibility index (Phi) is 3.23. The first kappa shape index (κ1) is 12.2. The minimum atomic E-state index is -1.47. The minimum Gasteiger partial charge on any atom is -0.255 e. The van der Waals surface area contributed by atoms with E-state index in [2.05, 4.69) is 15.0 Å². The molecule has 0 radical (unpaired) electrons. The molecule has 1 atom stereocenters. The lowest BCUT2D eigenvalue weighted by Gasteiger charge is -2.04. The topological polar surface area (TPSA) is 55.7 Å². The predicted octanol–water partition coefficient (Wildman–Crippen LogP) is 2.84. The summed E-state index contributed by atoms with van der Waals surface area (Å²) in [7, 11) is -1.47. The monoisotopic (exact) mass is 289 g/mol. The molecule has 3 rings (SSSR count). The van der Waals surface area contributed by atoms with Crippen molar-refractivity contribution >= 4 is 33.3 Å². The van der Waals surface area contributed by atoms with Crippen molar-refractivity contribution in [3.63, 3.8) is 0 Å². The van der Waals surface area contributed by atoms with E-state index in [4.69, 9.17) is 11.6 Å². The van der Waals surface area contributed by atoms with E-state index in [0.29, 0.717) is 15.4 Å². The maximum Gasteiger partial charge on any atom is 0.223 e. The highest BCUT2D eigenvalue weighted by molar-refractivity contribution is 7.85. The van der Waals surface area contributed by atoms with E-state index in [-0.39, 0.29) is 5.16 Å². The molecule has 94 valence electrons. The van der Waals surface area contributed by atoms with Gasteiger partial charge in [-0.1, -0.05) is 29.8 Å². The van der Waals surface area contributed by atoms with Crippen LogP contribution in [-0.2, 0) is 10.8 Å². The van der Waals surface area contributed by atoms with Crippen molar-refractivity contribution in [2.24, 2.45) is 0 Å². The highest BCUT2D eigenvalue weighted by atomic mass is 35.5. The van der Waals surface area contributed by atoms with Crippen molar-refractivity contribution in [2.45, 2.75) is 10.1 Å². The summed E-state index contributed by atoms with van der Waals surface area (Å²) >= 11 is 5.72. The largest absolute Gasteiger partial charge is 0.255 e. The molecule has 1 unspecified atom stereocenters. The van der Waals surface area contributed by atoms with Crippen LogP contribution < -0.4 is 0 Å². The van der Waals surface area contributed by atoms with Gasteiger partial charge in [-0.15, -0.1) is 0 Å². The molecule has 0 amide bonds. The molecule has 0 aliphatic heterocycles. The van der Waals surface area contributed by atoms with Gasteiger partial charge in [0.15, 0.2) is 0 Å². The Labute approximate surface area is 117 Å². The normalized spacial score (nSPS) is 12.5. The molecule has 0 spiro atoms. The fourth-order valence-corrected chi connectivity index (χ4v) is 2.86. The van der Waals surface area contributed by atoms with E-state index >= 15 is 0 Å². The maximum absolute atomic E-state index is 12.5. The predicted molar refractivity (Wildman–Crippen MR) is 73.5 cm³/mol. The molecule has 2 heterocycles. The first-order valence-electron chi connectivity index (χ1n) is 5.49. The molecule has 6 heteroatoms. The summed E-state index contributed by atoms with van der Waals surface area (Å²) in [5, 5.41) is 1.57. The van der Waals surface area contributed by atoms with Gasteiger partial charge in [-0.2, -0.15) is 0 Å². The molecular formula is C13H8ClN3OS. The molecule has 0 bridgehead atoms. The van der Waals surface area contributed by atoms with Gasteiger partial charge in [-0.05, 0) is 12.1 Å². The summed E-state index contributed by atoms with van der Waals surface area (Å²) in [5.74, 6) is 0. The second-order valence-electron chi connectivity index (χ2n) is 3.78. The van der Waals surface area contributed by atoms with Crippen LogP contribution in [0.3, 0.4) is 0 Å². The van der Waals surface area contributed by atoms with Gasteiger partial charge in [0, 0.05) is 11.6 Å². The Morgan fingerprint density at radius 3 is 2.53 bits per heavy atom. The lowest BCUT2D eigenvalue weighted by Crippen LogP contribution is -2.00. The molecule has 19 heavy (non-hydrogen) atoms. The quantitative estimate of drug-likeness (QED) is 0.681. The molecule has 0 fully saturated rings. The molecular weight excluding hydrogens is 282 g/mol. The molecule has 0 aliphatic carbocycles. The van der Waals surface area contributed by atoms with Crippen molar-refractivity contribution in [3.8, 4) is 0 Å². The van der Waals surface area contributed by atoms with Crippen molar-refractivity contribution in [1.82, 2.24) is 15.0 Å². The summed E-state index contributed by atoms with van der Waals surface area (Å²) in [6.45, 7) is 0. The number of rotatable bonds is 2. The van der Waals surface area contributed by atoms with Crippen LogP contribution >= 0.6 is 11.6 Å². The lowest BCUT2D eigenvalue weighted by atomic mass is 10.2. The highest BCUT2D eigenvalue weighted by Gasteiger charge is 2.14. The Balaban J connectivity index is 2.14. The first-order chi connectivity index (χ1) is 9.25. The van der Waals surface area contributed by atoms with Gasteiger partial charge in [-0.3, -0.25) is 4.98 Å². The molecule has 2 aromatic heterocycles. The summed E-state index contributed by atoms with van der Waals surface area (Å²) in [6, 6.07) is 9.29. The minimum absolute atomic E-state index is 0.225. The number of pyridine rings is 1. The Hall–Kier alpha value is -1.85. The van der Waals surface area contributed by atoms with Gasteiger partial charge < -0.3 is 0 Å². The molecule has 0 N–H and O–H groups in total. The van der Waals surface area contributed by atoms with Crippen LogP contribution in [0.15, 0.2) is 59.0 Å². The zero-order chi connectivity index (χ0) is 13.2. The second-order valence-corrected chi connectivity index (χ2v) is 5.56. The summed E-state index contributed by atoms with van der Waals surface area (Å²) in [5.41, 5.74) is 0.696. The van der Waals surface area contributed by atoms with Crippen molar-refractivity contribution in [1.29, 1.82) is 0 Å². The second kappa shape index (κ2) is 5.03. The van der Waals surface area contributed by atoms with Crippen molar-refractivity contribution in [2.75, 3.05) is 0 Å². The average Bonchev–Trinajstić information content (AvgIpc) is 2.47. The van der Waals surface area contributed by atoms with Crippen molar-refractivity contribution in [3.05, 3.63) is 53.9 Å². The van der Waals surface area contributed by atoms with Crippen molar-refractivity contribution < 1.29 is 4.21 Å². The van der Waals surface area contributed by atoms with Crippen LogP contribution in [0.25, 0.3) is 10.9 Å².